The van der Waals surface area contributed by atoms with Gasteiger partial charge >= 0.3 is 6.03 Å². The molecule has 1 aliphatic rings. The second-order valence-corrected chi connectivity index (χ2v) is 10.4. The van der Waals surface area contributed by atoms with Gasteiger partial charge in [0, 0.05) is 0 Å². The maximum Gasteiger partial charge on any atom is 0.329 e. The van der Waals surface area contributed by atoms with Gasteiger partial charge in [-0.15, -0.1) is 0 Å². The van der Waals surface area contributed by atoms with Gasteiger partial charge in [-0.2, -0.15) is 0 Å². The van der Waals surface area contributed by atoms with Gasteiger partial charge in [0.15, 0.2) is 0 Å². The quantitative estimate of drug-likeness (QED) is 0.174. The Hall–Kier alpha value is -4.02. The molecular formula is C29H20Br2FN3O4. The van der Waals surface area contributed by atoms with Gasteiger partial charge in [0.25, 0.3) is 5.91 Å². The van der Waals surface area contributed by atoms with Crippen LogP contribution in [0.3, 0.4) is 0 Å². The summed E-state index contributed by atoms with van der Waals surface area (Å²) in [7, 11) is 0. The summed E-state index contributed by atoms with van der Waals surface area (Å²) < 4.78 is 21.1. The van der Waals surface area contributed by atoms with E-state index in [0.717, 1.165) is 21.2 Å². The zero-order valence-electron chi connectivity index (χ0n) is 20.2. The zero-order chi connectivity index (χ0) is 27.5. The lowest BCUT2D eigenvalue weighted by Gasteiger charge is -2.12. The Morgan fingerprint density at radius 1 is 0.949 bits per heavy atom. The Labute approximate surface area is 239 Å². The van der Waals surface area contributed by atoms with Crippen LogP contribution in [-0.4, -0.2) is 29.3 Å². The Balaban J connectivity index is 1.26. The topological polar surface area (TPSA) is 87.7 Å². The number of anilines is 1. The summed E-state index contributed by atoms with van der Waals surface area (Å²) in [4.78, 5) is 38.3. The van der Waals surface area contributed by atoms with E-state index in [-0.39, 0.29) is 11.4 Å². The summed E-state index contributed by atoms with van der Waals surface area (Å²) in [6.07, 6.45) is 1.50. The standard InChI is InChI=1S/C29H20Br2FN3O4/c30-21-12-18(13-22(31)27(21)39-16-17-9-10-19-5-1-2-6-20(19)11-17)14-25-28(37)35(29(38)34-25)15-26(36)33-24-8-4-3-7-23(24)32/h1-14H,15-16H2,(H,33,36)(H,34,38)/b25-14+. The van der Waals surface area contributed by atoms with E-state index >= 15 is 0 Å². The van der Waals surface area contributed by atoms with Crippen molar-refractivity contribution in [3.05, 3.63) is 110 Å². The Bertz CT molecular complexity index is 1630. The monoisotopic (exact) mass is 651 g/mol. The van der Waals surface area contributed by atoms with E-state index in [1.165, 1.54) is 24.3 Å². The fraction of sp³-hybridized carbons (Fsp3) is 0.0690. The zero-order valence-corrected chi connectivity index (χ0v) is 23.4. The number of para-hydroxylation sites is 1. The summed E-state index contributed by atoms with van der Waals surface area (Å²) in [5.41, 5.74) is 1.58. The third kappa shape index (κ3) is 6.02. The average Bonchev–Trinajstić information content (AvgIpc) is 3.16. The highest BCUT2D eigenvalue weighted by Gasteiger charge is 2.35. The lowest BCUT2D eigenvalue weighted by atomic mass is 10.1. The highest BCUT2D eigenvalue weighted by molar-refractivity contribution is 9.11. The molecule has 1 heterocycles. The second kappa shape index (κ2) is 11.4. The van der Waals surface area contributed by atoms with Crippen LogP contribution < -0.4 is 15.4 Å². The minimum Gasteiger partial charge on any atom is -0.487 e. The molecule has 0 aromatic heterocycles. The van der Waals surface area contributed by atoms with Crippen LogP contribution in [0.5, 0.6) is 5.75 Å². The number of rotatable bonds is 7. The Morgan fingerprint density at radius 2 is 1.64 bits per heavy atom. The Kier molecular flexibility index (Phi) is 7.76. The molecule has 1 fully saturated rings. The minimum atomic E-state index is -0.747. The number of imide groups is 1. The first-order valence-electron chi connectivity index (χ1n) is 11.8. The van der Waals surface area contributed by atoms with Gasteiger partial charge in [0.2, 0.25) is 5.91 Å². The number of carbonyl (C=O) groups is 3. The van der Waals surface area contributed by atoms with Gasteiger partial charge in [-0.3, -0.25) is 9.59 Å². The predicted molar refractivity (Wildman–Crippen MR) is 153 cm³/mol. The lowest BCUT2D eigenvalue weighted by molar-refractivity contribution is -0.127. The highest BCUT2D eigenvalue weighted by Crippen LogP contribution is 2.36. The normalized spacial score (nSPS) is 14.1. The van der Waals surface area contributed by atoms with Gasteiger partial charge in [0.05, 0.1) is 14.6 Å². The second-order valence-electron chi connectivity index (χ2n) is 8.69. The molecule has 0 unspecified atom stereocenters. The van der Waals surface area contributed by atoms with E-state index in [2.05, 4.69) is 54.6 Å². The van der Waals surface area contributed by atoms with Crippen molar-refractivity contribution in [3.63, 3.8) is 0 Å². The molecule has 0 spiro atoms. The van der Waals surface area contributed by atoms with E-state index in [9.17, 15) is 18.8 Å². The number of carbonyl (C=O) groups excluding carboxylic acids is 3. The molecule has 2 N–H and O–H groups in total. The number of nitrogens with zero attached hydrogens (tertiary/aromatic N) is 1. The summed E-state index contributed by atoms with van der Waals surface area (Å²) in [5, 5.41) is 7.12. The van der Waals surface area contributed by atoms with Crippen LogP contribution in [0.4, 0.5) is 14.9 Å². The molecule has 0 aliphatic carbocycles. The summed E-state index contributed by atoms with van der Waals surface area (Å²) >= 11 is 7.04. The van der Waals surface area contributed by atoms with Crippen molar-refractivity contribution in [1.29, 1.82) is 0 Å². The predicted octanol–water partition coefficient (Wildman–Crippen LogP) is 6.61. The molecule has 7 nitrogen and oxygen atoms in total. The number of fused-ring (bicyclic) bond motifs is 1. The van der Waals surface area contributed by atoms with Gasteiger partial charge in [0.1, 0.15) is 30.4 Å². The molecule has 0 bridgehead atoms. The van der Waals surface area contributed by atoms with E-state index in [4.69, 9.17) is 4.74 Å². The van der Waals surface area contributed by atoms with Crippen LogP contribution in [0.25, 0.3) is 16.8 Å². The van der Waals surface area contributed by atoms with Crippen LogP contribution in [0.15, 0.2) is 93.5 Å². The maximum absolute atomic E-state index is 13.8. The van der Waals surface area contributed by atoms with Crippen LogP contribution in [0.1, 0.15) is 11.1 Å². The number of benzene rings is 4. The summed E-state index contributed by atoms with van der Waals surface area (Å²) in [5.74, 6) is -1.42. The van der Waals surface area contributed by atoms with Crippen molar-refractivity contribution >= 4 is 72.2 Å². The first kappa shape index (κ1) is 26.6. The first-order chi connectivity index (χ1) is 18.8. The lowest BCUT2D eigenvalue weighted by Crippen LogP contribution is -2.38. The molecule has 10 heteroatoms. The molecule has 4 aromatic rings. The summed E-state index contributed by atoms with van der Waals surface area (Å²) in [6, 6.07) is 22.6. The van der Waals surface area contributed by atoms with Crippen LogP contribution in [0, 0.1) is 5.82 Å². The van der Waals surface area contributed by atoms with Crippen molar-refractivity contribution in [2.75, 3.05) is 11.9 Å². The van der Waals surface area contributed by atoms with Crippen LogP contribution in [0.2, 0.25) is 0 Å². The van der Waals surface area contributed by atoms with Gasteiger partial charge in [-0.25, -0.2) is 14.1 Å². The number of hydrogen-bond donors (Lipinski definition) is 2. The molecule has 1 aliphatic heterocycles. The van der Waals surface area contributed by atoms with E-state index in [1.807, 2.05) is 30.3 Å². The van der Waals surface area contributed by atoms with E-state index < -0.39 is 30.2 Å². The van der Waals surface area contributed by atoms with Crippen molar-refractivity contribution in [3.8, 4) is 5.75 Å². The number of nitrogens with one attached hydrogen (secondary N) is 2. The van der Waals surface area contributed by atoms with Crippen molar-refractivity contribution in [1.82, 2.24) is 10.2 Å². The molecule has 0 atom stereocenters. The third-order valence-corrected chi connectivity index (χ3v) is 7.12. The first-order valence-corrected chi connectivity index (χ1v) is 13.4. The minimum absolute atomic E-state index is 0.00215. The summed E-state index contributed by atoms with van der Waals surface area (Å²) in [6.45, 7) is -0.216. The fourth-order valence-corrected chi connectivity index (χ4v) is 5.51. The van der Waals surface area contributed by atoms with E-state index in [0.29, 0.717) is 26.9 Å². The third-order valence-electron chi connectivity index (χ3n) is 5.94. The molecule has 4 amide bonds. The average molecular weight is 653 g/mol. The number of amides is 4. The SMILES string of the molecule is O=C(CN1C(=O)N/C(=C/c2cc(Br)c(OCc3ccc4ccccc4c3)c(Br)c2)C1=O)Nc1ccccc1F. The van der Waals surface area contributed by atoms with Crippen molar-refractivity contribution in [2.45, 2.75) is 6.61 Å². The van der Waals surface area contributed by atoms with Crippen molar-refractivity contribution < 1.29 is 23.5 Å². The van der Waals surface area contributed by atoms with Gasteiger partial charge in [-0.05, 0) is 90.2 Å². The molecule has 0 radical (unpaired) electrons. The molecule has 4 aromatic carbocycles. The molecule has 5 rings (SSSR count). The highest BCUT2D eigenvalue weighted by atomic mass is 79.9. The van der Waals surface area contributed by atoms with Crippen LogP contribution in [-0.2, 0) is 16.2 Å². The van der Waals surface area contributed by atoms with Crippen LogP contribution >= 0.6 is 31.9 Å². The van der Waals surface area contributed by atoms with Gasteiger partial charge in [-0.1, -0.05) is 48.5 Å². The molecule has 1 saturated heterocycles. The largest absolute Gasteiger partial charge is 0.487 e. The molecule has 39 heavy (non-hydrogen) atoms. The fourth-order valence-electron chi connectivity index (χ4n) is 4.06. The number of halogens is 3. The van der Waals surface area contributed by atoms with E-state index in [1.54, 1.807) is 18.2 Å². The number of ether oxygens (including phenoxy) is 1. The Morgan fingerprint density at radius 3 is 2.38 bits per heavy atom. The maximum atomic E-state index is 13.8. The smallest absolute Gasteiger partial charge is 0.329 e. The molecular weight excluding hydrogens is 633 g/mol. The van der Waals surface area contributed by atoms with Crippen molar-refractivity contribution in [2.24, 2.45) is 0 Å². The number of hydrogen-bond acceptors (Lipinski definition) is 4. The molecule has 196 valence electrons. The number of urea groups is 1. The molecule has 0 saturated carbocycles. The van der Waals surface area contributed by atoms with Gasteiger partial charge < -0.3 is 15.4 Å².